The second-order valence-corrected chi connectivity index (χ2v) is 1.57. The first kappa shape index (κ1) is 9.61. The molecule has 10 heavy (non-hydrogen) atoms. The standard InChI is InChI=1S/C4H4F5O/c1-10-4(8,9)2-3(5,6)7/h1-2H2. The Labute approximate surface area is 53.8 Å². The van der Waals surface area contributed by atoms with Crippen LogP contribution >= 0.6 is 0 Å². The van der Waals surface area contributed by atoms with E-state index in [1.165, 1.54) is 0 Å². The molecule has 0 rings (SSSR count). The molecule has 0 saturated heterocycles. The van der Waals surface area contributed by atoms with Gasteiger partial charge in [-0.05, 0) is 0 Å². The van der Waals surface area contributed by atoms with Crippen LogP contribution in [0, 0.1) is 7.11 Å². The summed E-state index contributed by atoms with van der Waals surface area (Å²) in [4.78, 5) is 0. The zero-order valence-corrected chi connectivity index (χ0v) is 4.71. The number of ether oxygens (including phenoxy) is 1. The zero-order chi connectivity index (χ0) is 8.41. The van der Waals surface area contributed by atoms with Gasteiger partial charge in [-0.2, -0.15) is 22.0 Å². The van der Waals surface area contributed by atoms with Crippen LogP contribution in [0.2, 0.25) is 0 Å². The van der Waals surface area contributed by atoms with Crippen molar-refractivity contribution >= 4 is 0 Å². The average Bonchev–Trinajstić information content (AvgIpc) is 1.60. The molecular formula is C4H4F5O. The van der Waals surface area contributed by atoms with Crippen molar-refractivity contribution in [3.8, 4) is 0 Å². The third-order valence-electron chi connectivity index (χ3n) is 0.617. The molecule has 0 bridgehead atoms. The normalized spacial score (nSPS) is 13.8. The summed E-state index contributed by atoms with van der Waals surface area (Å²) < 4.78 is 59.7. The molecule has 0 aromatic carbocycles. The summed E-state index contributed by atoms with van der Waals surface area (Å²) in [5.41, 5.74) is 0. The highest BCUT2D eigenvalue weighted by molar-refractivity contribution is 4.59. The van der Waals surface area contributed by atoms with E-state index < -0.39 is 18.7 Å². The molecule has 1 nitrogen and oxygen atoms in total. The van der Waals surface area contributed by atoms with Gasteiger partial charge in [0.2, 0.25) is 0 Å². The van der Waals surface area contributed by atoms with Gasteiger partial charge >= 0.3 is 12.3 Å². The maximum Gasteiger partial charge on any atom is 0.397 e. The molecule has 0 aromatic rings. The highest BCUT2D eigenvalue weighted by atomic mass is 19.4. The predicted molar refractivity (Wildman–Crippen MR) is 22.1 cm³/mol. The maximum atomic E-state index is 11.6. The van der Waals surface area contributed by atoms with Gasteiger partial charge in [0.15, 0.2) is 0 Å². The van der Waals surface area contributed by atoms with E-state index in [1.54, 1.807) is 0 Å². The van der Waals surface area contributed by atoms with E-state index in [2.05, 4.69) is 11.8 Å². The highest BCUT2D eigenvalue weighted by Gasteiger charge is 2.43. The predicted octanol–water partition coefficient (Wildman–Crippen LogP) is 2.34. The lowest BCUT2D eigenvalue weighted by atomic mass is 10.4. The minimum atomic E-state index is -4.93. The van der Waals surface area contributed by atoms with Crippen molar-refractivity contribution in [2.75, 3.05) is 0 Å². The van der Waals surface area contributed by atoms with Crippen LogP contribution in [0.3, 0.4) is 0 Å². The molecule has 0 aliphatic rings. The Morgan fingerprint density at radius 3 is 1.60 bits per heavy atom. The third-order valence-corrected chi connectivity index (χ3v) is 0.617. The first-order valence-corrected chi connectivity index (χ1v) is 2.14. The fourth-order valence-corrected chi connectivity index (χ4v) is 0.284. The van der Waals surface area contributed by atoms with E-state index in [1.807, 2.05) is 0 Å². The molecule has 0 aliphatic heterocycles. The Morgan fingerprint density at radius 2 is 1.50 bits per heavy atom. The Morgan fingerprint density at radius 1 is 1.10 bits per heavy atom. The monoisotopic (exact) mass is 163 g/mol. The summed E-state index contributed by atoms with van der Waals surface area (Å²) in [5, 5.41) is 0. The van der Waals surface area contributed by atoms with Crippen molar-refractivity contribution in [2.45, 2.75) is 18.7 Å². The lowest BCUT2D eigenvalue weighted by Crippen LogP contribution is -2.26. The molecule has 0 spiro atoms. The number of hydrogen-bond acceptors (Lipinski definition) is 1. The van der Waals surface area contributed by atoms with Crippen LogP contribution in [0.15, 0.2) is 0 Å². The Kier molecular flexibility index (Phi) is 2.59. The van der Waals surface area contributed by atoms with Crippen LogP contribution in [0.4, 0.5) is 22.0 Å². The fraction of sp³-hybridized carbons (Fsp3) is 0.750. The second kappa shape index (κ2) is 2.69. The lowest BCUT2D eigenvalue weighted by Gasteiger charge is -2.14. The number of alkyl halides is 5. The minimum absolute atomic E-state index is 2.19. The average molecular weight is 163 g/mol. The molecule has 0 unspecified atom stereocenters. The highest BCUT2D eigenvalue weighted by Crippen LogP contribution is 2.31. The molecular weight excluding hydrogens is 159 g/mol. The molecule has 0 atom stereocenters. The summed E-state index contributed by atoms with van der Waals surface area (Å²) in [5.74, 6) is 0. The zero-order valence-electron chi connectivity index (χ0n) is 4.71. The quantitative estimate of drug-likeness (QED) is 0.567. The van der Waals surface area contributed by atoms with Gasteiger partial charge in [0, 0.05) is 0 Å². The summed E-state index contributed by atoms with van der Waals surface area (Å²) in [6, 6.07) is 0. The molecule has 1 radical (unpaired) electrons. The molecule has 0 heterocycles. The summed E-state index contributed by atoms with van der Waals surface area (Å²) >= 11 is 0. The largest absolute Gasteiger partial charge is 0.397 e. The molecule has 0 saturated carbocycles. The molecule has 0 fully saturated rings. The van der Waals surface area contributed by atoms with Gasteiger partial charge < -0.3 is 4.74 Å². The summed E-state index contributed by atoms with van der Waals surface area (Å²) in [6.45, 7) is 0. The molecule has 0 N–H and O–H groups in total. The lowest BCUT2D eigenvalue weighted by molar-refractivity contribution is -0.273. The SMILES string of the molecule is [CH2]OC(F)(F)CC(F)(F)F. The smallest absolute Gasteiger partial charge is 0.318 e. The number of halogens is 5. The maximum absolute atomic E-state index is 11.6. The van der Waals surface area contributed by atoms with Gasteiger partial charge in [-0.15, -0.1) is 0 Å². The Bertz CT molecular complexity index is 107. The van der Waals surface area contributed by atoms with Gasteiger partial charge in [0.05, 0.1) is 7.11 Å². The fourth-order valence-electron chi connectivity index (χ4n) is 0.284. The van der Waals surface area contributed by atoms with Crippen LogP contribution in [0.5, 0.6) is 0 Å². The van der Waals surface area contributed by atoms with E-state index in [0.29, 0.717) is 0 Å². The summed E-state index contributed by atoms with van der Waals surface area (Å²) in [7, 11) is 2.19. The minimum Gasteiger partial charge on any atom is -0.318 e. The van der Waals surface area contributed by atoms with Crippen molar-refractivity contribution in [3.05, 3.63) is 7.11 Å². The van der Waals surface area contributed by atoms with Gasteiger partial charge in [-0.3, -0.25) is 0 Å². The second-order valence-electron chi connectivity index (χ2n) is 1.57. The van der Waals surface area contributed by atoms with Crippen LogP contribution in [-0.2, 0) is 4.74 Å². The van der Waals surface area contributed by atoms with Gasteiger partial charge in [0.1, 0.15) is 6.42 Å². The van der Waals surface area contributed by atoms with Crippen molar-refractivity contribution in [1.29, 1.82) is 0 Å². The number of rotatable bonds is 2. The first-order chi connectivity index (χ1) is 4.27. The molecule has 0 aromatic heterocycles. The van der Waals surface area contributed by atoms with E-state index in [0.717, 1.165) is 0 Å². The van der Waals surface area contributed by atoms with Crippen LogP contribution < -0.4 is 0 Å². The molecule has 0 aliphatic carbocycles. The molecule has 6 heteroatoms. The Balaban J connectivity index is 3.89. The Hall–Kier alpha value is -0.390. The van der Waals surface area contributed by atoms with E-state index in [9.17, 15) is 22.0 Å². The summed E-state index contributed by atoms with van der Waals surface area (Å²) in [6.07, 6.45) is -11.4. The van der Waals surface area contributed by atoms with E-state index in [-0.39, 0.29) is 0 Å². The molecule has 61 valence electrons. The van der Waals surface area contributed by atoms with Crippen LogP contribution in [0.1, 0.15) is 6.42 Å². The number of hydrogen-bond donors (Lipinski definition) is 0. The first-order valence-electron chi connectivity index (χ1n) is 2.14. The van der Waals surface area contributed by atoms with Crippen molar-refractivity contribution < 1.29 is 26.7 Å². The van der Waals surface area contributed by atoms with E-state index >= 15 is 0 Å². The van der Waals surface area contributed by atoms with Gasteiger partial charge in [-0.1, -0.05) is 0 Å². The van der Waals surface area contributed by atoms with Crippen molar-refractivity contribution in [1.82, 2.24) is 0 Å². The van der Waals surface area contributed by atoms with Crippen LogP contribution in [0.25, 0.3) is 0 Å². The van der Waals surface area contributed by atoms with Crippen molar-refractivity contribution in [3.63, 3.8) is 0 Å². The molecule has 0 amide bonds. The van der Waals surface area contributed by atoms with Gasteiger partial charge in [-0.25, -0.2) is 0 Å². The third kappa shape index (κ3) is 4.49. The topological polar surface area (TPSA) is 9.23 Å². The van der Waals surface area contributed by atoms with E-state index in [4.69, 9.17) is 0 Å². The van der Waals surface area contributed by atoms with Crippen molar-refractivity contribution in [2.24, 2.45) is 0 Å². The van der Waals surface area contributed by atoms with Crippen LogP contribution in [-0.4, -0.2) is 12.3 Å². The van der Waals surface area contributed by atoms with Gasteiger partial charge in [0.25, 0.3) is 0 Å².